The summed E-state index contributed by atoms with van der Waals surface area (Å²) in [7, 11) is 0. The third-order valence-electron chi connectivity index (χ3n) is 21.2. The number of hydrogen-bond donors (Lipinski definition) is 17. The standard InChI is InChI=1S/C15H15Cl2NO.2C14H12Cl3NO.3C14H13Cl2NO.C13H12Cl2N2O.C13H11Cl2NO/c1-9-3-4-14(10(2)5-9)18-8-11-6-12(16)7-13(17)15(11)19;2*1-8-2-3-13(11(16)4-8)18-7-9-5-10(15)6-12(17)14(9)19;2*1-9-2-4-12(5-3-9)17-8-10-6-11(15)7-13(16)14(10)18;1-9-4-2-3-5-13(9)17-8-10-6-11(15)7-12(16)14(10)18;14-9-5-8(13(18)12(15)6-9)7-17-11-3-1-10(16)2-4-11;14-10-6-9(13(17)12(15)7-10)8-16-11-4-2-1-3-5-11/h3-7,18-19H,8H2,1-2H3;2*2-6,18-19H,7H2,1H3;3*2-7,17-18H,8H2,1H3;1-6,17-18H,7,16H2;1-7,16-17H,8H2. The second kappa shape index (κ2) is 58.9. The zero-order valence-corrected chi connectivity index (χ0v) is 92.8. The van der Waals surface area contributed by atoms with Crippen molar-refractivity contribution in [3.8, 4) is 46.0 Å². The van der Waals surface area contributed by atoms with Crippen LogP contribution < -0.4 is 48.3 Å². The van der Waals surface area contributed by atoms with Crippen LogP contribution in [0, 0.1) is 48.5 Å². The van der Waals surface area contributed by atoms with Gasteiger partial charge < -0.3 is 89.1 Å². The van der Waals surface area contributed by atoms with Crippen LogP contribution in [-0.4, -0.2) is 40.9 Å². The lowest BCUT2D eigenvalue weighted by Gasteiger charge is -2.12. The van der Waals surface area contributed by atoms with Crippen molar-refractivity contribution in [1.29, 1.82) is 0 Å². The van der Waals surface area contributed by atoms with Gasteiger partial charge in [0, 0.05) is 177 Å². The fraction of sp³-hybridized carbons (Fsp3) is 0.135. The molecule has 0 aliphatic rings. The zero-order valence-electron chi connectivity index (χ0n) is 79.2. The Bertz CT molecular complexity index is 6590. The summed E-state index contributed by atoms with van der Waals surface area (Å²) in [6, 6.07) is 84.2. The highest BCUT2D eigenvalue weighted by atomic mass is 35.5. The molecule has 0 saturated heterocycles. The molecule has 0 fully saturated rings. The number of benzene rings is 16. The predicted octanol–water partition coefficient (Wildman–Crippen LogP) is 37.5. The number of nitrogens with two attached hydrogens (primary N) is 1. The van der Waals surface area contributed by atoms with E-state index in [2.05, 4.69) is 55.5 Å². The number of aryl methyl sites for hydroxylation is 7. The first-order valence-corrected chi connectivity index (χ1v) is 51.1. The fourth-order valence-corrected chi connectivity index (χ4v) is 18.3. The summed E-state index contributed by atoms with van der Waals surface area (Å²) in [5.74, 6) is 0.457. The van der Waals surface area contributed by atoms with E-state index < -0.39 is 0 Å². The molecule has 0 aliphatic heterocycles. The van der Waals surface area contributed by atoms with E-state index >= 15 is 0 Å². The molecule has 146 heavy (non-hydrogen) atoms. The number of aromatic hydroxyl groups is 8. The van der Waals surface area contributed by atoms with E-state index in [4.69, 9.17) is 215 Å². The van der Waals surface area contributed by atoms with Crippen LogP contribution in [-0.2, 0) is 52.4 Å². The number of phenols is 8. The van der Waals surface area contributed by atoms with Crippen molar-refractivity contribution in [2.24, 2.45) is 0 Å². The molecular weight excluding hydrogens is 2230 g/mol. The van der Waals surface area contributed by atoms with Crippen molar-refractivity contribution in [3.05, 3.63) is 453 Å². The molecule has 0 spiro atoms. The minimum atomic E-state index is 0.0294. The van der Waals surface area contributed by atoms with Gasteiger partial charge in [0.2, 0.25) is 0 Å². The molecule has 0 unspecified atom stereocenters. The van der Waals surface area contributed by atoms with Gasteiger partial charge in [0.1, 0.15) is 46.0 Å². The van der Waals surface area contributed by atoms with E-state index in [0.29, 0.717) is 153 Å². The molecule has 18 N–H and O–H groups in total. The Kier molecular flexibility index (Phi) is 48.0. The molecule has 0 radical (unpaired) electrons. The van der Waals surface area contributed by atoms with E-state index in [1.165, 1.54) is 65.2 Å². The minimum absolute atomic E-state index is 0.0294. The van der Waals surface area contributed by atoms with Crippen LogP contribution in [0.5, 0.6) is 46.0 Å². The molecule has 0 saturated carbocycles. The number of anilines is 9. The van der Waals surface area contributed by atoms with Crippen LogP contribution in [0.15, 0.2) is 279 Å². The molecule has 0 atom stereocenters. The smallest absolute Gasteiger partial charge is 0.139 e. The van der Waals surface area contributed by atoms with Crippen LogP contribution in [0.3, 0.4) is 0 Å². The molecule has 17 nitrogen and oxygen atoms in total. The zero-order chi connectivity index (χ0) is 107. The molecular formula is C111H101Cl18N9O8. The van der Waals surface area contributed by atoms with Crippen molar-refractivity contribution in [3.63, 3.8) is 0 Å². The summed E-state index contributed by atoms with van der Waals surface area (Å²) in [4.78, 5) is 0. The Labute approximate surface area is 939 Å². The normalized spacial score (nSPS) is 10.4. The van der Waals surface area contributed by atoms with E-state index in [0.717, 1.165) is 67.8 Å². The number of rotatable bonds is 24. The van der Waals surface area contributed by atoms with Gasteiger partial charge in [-0.2, -0.15) is 0 Å². The van der Waals surface area contributed by atoms with Gasteiger partial charge in [-0.1, -0.05) is 310 Å². The summed E-state index contributed by atoms with van der Waals surface area (Å²) in [6.07, 6.45) is 0. The van der Waals surface area contributed by atoms with E-state index in [-0.39, 0.29) is 86.2 Å². The molecule has 16 rings (SSSR count). The molecule has 0 bridgehead atoms. The van der Waals surface area contributed by atoms with Gasteiger partial charge in [-0.25, -0.2) is 0 Å². The quantitative estimate of drug-likeness (QED) is 0.0250. The Morgan fingerprint density at radius 2 is 0.377 bits per heavy atom. The number of nitrogens with one attached hydrogen (secondary N) is 8. The topological polar surface area (TPSA) is 284 Å². The van der Waals surface area contributed by atoms with Gasteiger partial charge in [-0.15, -0.1) is 0 Å². The maximum Gasteiger partial charge on any atom is 0.139 e. The number of phenolic OH excluding ortho intramolecular Hbond substituents is 8. The second-order valence-electron chi connectivity index (χ2n) is 32.8. The third-order valence-corrected chi connectivity index (χ3v) is 25.9. The second-order valence-corrected chi connectivity index (χ2v) is 40.4. The molecule has 0 aromatic heterocycles. The first kappa shape index (κ1) is 119. The van der Waals surface area contributed by atoms with Crippen LogP contribution >= 0.6 is 209 Å². The number of para-hydroxylation sites is 2. The van der Waals surface area contributed by atoms with Gasteiger partial charge in [-0.05, 0) is 265 Å². The number of nitrogen functional groups attached to an aromatic ring is 1. The Hall–Kier alpha value is -10.7. The van der Waals surface area contributed by atoms with Crippen LogP contribution in [0.2, 0.25) is 90.4 Å². The van der Waals surface area contributed by atoms with Crippen LogP contribution in [0.4, 0.5) is 51.2 Å². The number of halogens is 18. The first-order chi connectivity index (χ1) is 69.3. The maximum atomic E-state index is 9.88. The molecule has 764 valence electrons. The average Bonchev–Trinajstić information content (AvgIpc) is 0.870. The Morgan fingerprint density at radius 1 is 0.178 bits per heavy atom. The molecule has 35 heteroatoms. The van der Waals surface area contributed by atoms with Crippen LogP contribution in [0.25, 0.3) is 0 Å². The van der Waals surface area contributed by atoms with Crippen molar-refractivity contribution in [1.82, 2.24) is 0 Å². The Balaban J connectivity index is 0.000000186. The summed E-state index contributed by atoms with van der Waals surface area (Å²) >= 11 is 106. The summed E-state index contributed by atoms with van der Waals surface area (Å²) in [5, 5.41) is 111. The number of hydrogen-bond acceptors (Lipinski definition) is 17. The van der Waals surface area contributed by atoms with Gasteiger partial charge in [0.05, 0.1) is 61.6 Å². The fourth-order valence-electron chi connectivity index (χ4n) is 13.4. The van der Waals surface area contributed by atoms with Gasteiger partial charge >= 0.3 is 0 Å². The van der Waals surface area contributed by atoms with E-state index in [1.54, 1.807) is 60.7 Å². The highest BCUT2D eigenvalue weighted by molar-refractivity contribution is 6.40. The maximum absolute atomic E-state index is 9.88. The monoisotopic (exact) mass is 2320 g/mol. The van der Waals surface area contributed by atoms with Gasteiger partial charge in [-0.3, -0.25) is 0 Å². The lowest BCUT2D eigenvalue weighted by atomic mass is 10.1. The largest absolute Gasteiger partial charge is 0.506 e. The van der Waals surface area contributed by atoms with Gasteiger partial charge in [0.25, 0.3) is 0 Å². The summed E-state index contributed by atoms with van der Waals surface area (Å²) in [6.45, 7) is 17.7. The van der Waals surface area contributed by atoms with Crippen molar-refractivity contribution in [2.75, 3.05) is 48.3 Å². The molecule has 0 amide bonds. The van der Waals surface area contributed by atoms with E-state index in [1.807, 2.05) is 205 Å². The SMILES string of the molecule is Cc1ccc(NCc2cc(Cl)cc(Cl)c2O)c(C)c1.Cc1ccc(NCc2cc(Cl)cc(Cl)c2O)c(Cl)c1.Cc1ccc(NCc2cc(Cl)cc(Cl)c2O)c(Cl)c1.Cc1ccc(NCc2cc(Cl)cc(Cl)c2O)cc1.Cc1ccc(NCc2cc(Cl)cc(Cl)c2O)cc1.Cc1ccccc1NCc1cc(Cl)cc(Cl)c1O.Nc1ccc(NCc2cc(Cl)cc(Cl)c2O)cc1.Oc1c(Cl)cc(Cl)cc1CNc1ccccc1. The molecule has 0 heterocycles. The van der Waals surface area contributed by atoms with Crippen LogP contribution in [0.1, 0.15) is 83.5 Å². The average molecular weight is 2330 g/mol. The van der Waals surface area contributed by atoms with Crippen molar-refractivity contribution >= 4 is 260 Å². The summed E-state index contributed by atoms with van der Waals surface area (Å²) < 4.78 is 0. The van der Waals surface area contributed by atoms with E-state index in [9.17, 15) is 40.9 Å². The highest BCUT2D eigenvalue weighted by Gasteiger charge is 2.18. The predicted molar refractivity (Wildman–Crippen MR) is 623 cm³/mol. The first-order valence-electron chi connectivity index (χ1n) is 44.3. The lowest BCUT2D eigenvalue weighted by Crippen LogP contribution is -2.01. The molecule has 16 aromatic rings. The van der Waals surface area contributed by atoms with Crippen molar-refractivity contribution in [2.45, 2.75) is 101 Å². The Morgan fingerprint density at radius 3 is 0.623 bits per heavy atom. The molecule has 0 aliphatic carbocycles. The lowest BCUT2D eigenvalue weighted by molar-refractivity contribution is 0.469. The highest BCUT2D eigenvalue weighted by Crippen LogP contribution is 2.41. The minimum Gasteiger partial charge on any atom is -0.506 e. The summed E-state index contributed by atoms with van der Waals surface area (Å²) in [5.41, 5.74) is 27.1. The van der Waals surface area contributed by atoms with Crippen molar-refractivity contribution < 1.29 is 40.9 Å². The third kappa shape index (κ3) is 38.8. The van der Waals surface area contributed by atoms with Gasteiger partial charge in [0.15, 0.2) is 0 Å². The molecule has 16 aromatic carbocycles.